The van der Waals surface area contributed by atoms with Crippen molar-refractivity contribution in [3.05, 3.63) is 23.4 Å². The molecule has 1 aromatic heterocycles. The number of ether oxygens (including phenoxy) is 2. The second-order valence-electron chi connectivity index (χ2n) is 7.42. The molecule has 1 unspecified atom stereocenters. The third-order valence-corrected chi connectivity index (χ3v) is 7.82. The molecule has 2 fully saturated rings. The first-order valence-corrected chi connectivity index (χ1v) is 11.8. The van der Waals surface area contributed by atoms with E-state index in [0.717, 1.165) is 0 Å². The van der Waals surface area contributed by atoms with Gasteiger partial charge in [-0.25, -0.2) is 17.7 Å². The first kappa shape index (κ1) is 22.4. The van der Waals surface area contributed by atoms with Crippen LogP contribution in [-0.2, 0) is 19.6 Å². The fourth-order valence-electron chi connectivity index (χ4n) is 3.69. The summed E-state index contributed by atoms with van der Waals surface area (Å²) in [6.07, 6.45) is 3.18. The summed E-state index contributed by atoms with van der Waals surface area (Å²) in [6.45, 7) is 4.42. The van der Waals surface area contributed by atoms with E-state index in [4.69, 9.17) is 21.1 Å². The zero-order valence-electron chi connectivity index (χ0n) is 16.6. The molecule has 29 heavy (non-hydrogen) atoms. The lowest BCUT2D eigenvalue weighted by Crippen LogP contribution is -2.54. The van der Waals surface area contributed by atoms with Crippen LogP contribution in [0.15, 0.2) is 18.3 Å². The van der Waals surface area contributed by atoms with Crippen LogP contribution in [-0.4, -0.2) is 79.3 Å². The van der Waals surface area contributed by atoms with Gasteiger partial charge < -0.3 is 14.3 Å². The van der Waals surface area contributed by atoms with Crippen LogP contribution < -0.4 is 4.74 Å². The molecular formula is C19H28ClN3O5S. The molecule has 2 saturated heterocycles. The first-order chi connectivity index (χ1) is 13.9. The summed E-state index contributed by atoms with van der Waals surface area (Å²) in [5.74, 6) is 0.490. The van der Waals surface area contributed by atoms with Crippen molar-refractivity contribution in [1.29, 1.82) is 0 Å². The molecular weight excluding hydrogens is 418 g/mol. The highest BCUT2D eigenvalue weighted by Crippen LogP contribution is 2.25. The Morgan fingerprint density at radius 2 is 1.97 bits per heavy atom. The average molecular weight is 446 g/mol. The van der Waals surface area contributed by atoms with Gasteiger partial charge in [0.1, 0.15) is 17.3 Å². The summed E-state index contributed by atoms with van der Waals surface area (Å²) in [7, 11) is -3.56. The van der Waals surface area contributed by atoms with E-state index in [2.05, 4.69) is 4.98 Å². The number of carbonyl (C=O) groups is 1. The minimum Gasteiger partial charge on any atom is -0.474 e. The lowest BCUT2D eigenvalue weighted by atomic mass is 10.1. The molecule has 0 radical (unpaired) electrons. The largest absolute Gasteiger partial charge is 0.474 e. The van der Waals surface area contributed by atoms with E-state index in [9.17, 15) is 13.2 Å². The fourth-order valence-corrected chi connectivity index (χ4v) is 5.87. The van der Waals surface area contributed by atoms with E-state index in [1.54, 1.807) is 16.4 Å². The van der Waals surface area contributed by atoms with E-state index >= 15 is 0 Å². The number of piperidine rings is 1. The molecule has 8 nitrogen and oxygen atoms in total. The summed E-state index contributed by atoms with van der Waals surface area (Å²) in [6, 6.07) is 3.42. The lowest BCUT2D eigenvalue weighted by Gasteiger charge is -2.39. The number of hydrogen-bond acceptors (Lipinski definition) is 7. The number of ketones is 1. The fraction of sp³-hybridized carbons (Fsp3) is 0.684. The standard InChI is InChI=1S/C19H28ClN3O5S/c1-15(24)2-5-19(22-10-12-27-13-11-22)29(25,26)23-8-6-17(7-9-23)28-18-4-3-16(20)14-21-18/h3-4,14,17,19H,2,5-13H2,1H3. The highest BCUT2D eigenvalue weighted by atomic mass is 35.5. The zero-order valence-corrected chi connectivity index (χ0v) is 18.2. The van der Waals surface area contributed by atoms with Gasteiger partial charge in [-0.3, -0.25) is 4.90 Å². The van der Waals surface area contributed by atoms with E-state index in [1.165, 1.54) is 13.1 Å². The van der Waals surface area contributed by atoms with Gasteiger partial charge in [0.2, 0.25) is 15.9 Å². The van der Waals surface area contributed by atoms with Gasteiger partial charge in [-0.2, -0.15) is 0 Å². The van der Waals surface area contributed by atoms with E-state index < -0.39 is 15.4 Å². The van der Waals surface area contributed by atoms with E-state index in [1.807, 2.05) is 4.90 Å². The van der Waals surface area contributed by atoms with Gasteiger partial charge in [0.25, 0.3) is 0 Å². The topological polar surface area (TPSA) is 89.0 Å². The molecule has 0 spiro atoms. The lowest BCUT2D eigenvalue weighted by molar-refractivity contribution is -0.117. The first-order valence-electron chi connectivity index (χ1n) is 9.94. The highest BCUT2D eigenvalue weighted by molar-refractivity contribution is 7.89. The second kappa shape index (κ2) is 10.2. The van der Waals surface area contributed by atoms with E-state index in [0.29, 0.717) is 69.6 Å². The molecule has 1 atom stereocenters. The predicted molar refractivity (Wildman–Crippen MR) is 109 cm³/mol. The van der Waals surface area contributed by atoms with Gasteiger partial charge in [0.15, 0.2) is 0 Å². The molecule has 0 aromatic carbocycles. The number of halogens is 1. The maximum Gasteiger partial charge on any atom is 0.230 e. The molecule has 10 heteroatoms. The van der Waals surface area contributed by atoms with Crippen molar-refractivity contribution in [3.8, 4) is 5.88 Å². The molecule has 0 bridgehead atoms. The van der Waals surface area contributed by atoms with Crippen LogP contribution in [0.2, 0.25) is 5.02 Å². The predicted octanol–water partition coefficient (Wildman–Crippen LogP) is 1.94. The molecule has 3 heterocycles. The van der Waals surface area contributed by atoms with Gasteiger partial charge >= 0.3 is 0 Å². The molecule has 3 rings (SSSR count). The molecule has 0 amide bonds. The number of pyridine rings is 1. The maximum absolute atomic E-state index is 13.4. The Bertz CT molecular complexity index is 776. The Morgan fingerprint density at radius 1 is 1.28 bits per heavy atom. The average Bonchev–Trinajstić information content (AvgIpc) is 2.71. The molecule has 0 N–H and O–H groups in total. The van der Waals surface area contributed by atoms with Crippen LogP contribution in [0.4, 0.5) is 0 Å². The minimum absolute atomic E-state index is 0.000956. The molecule has 0 aliphatic carbocycles. The molecule has 1 aromatic rings. The molecule has 2 aliphatic rings. The van der Waals surface area contributed by atoms with E-state index in [-0.39, 0.29) is 18.3 Å². The Morgan fingerprint density at radius 3 is 2.55 bits per heavy atom. The number of sulfonamides is 1. The second-order valence-corrected chi connectivity index (χ2v) is 9.95. The normalized spacial score (nSPS) is 21.0. The van der Waals surface area contributed by atoms with Gasteiger partial charge in [-0.05, 0) is 32.3 Å². The van der Waals surface area contributed by atoms with Crippen LogP contribution in [0.25, 0.3) is 0 Å². The van der Waals surface area contributed by atoms with Crippen LogP contribution in [0.3, 0.4) is 0 Å². The highest BCUT2D eigenvalue weighted by Gasteiger charge is 2.38. The molecule has 0 saturated carbocycles. The quantitative estimate of drug-likeness (QED) is 0.604. The van der Waals surface area contributed by atoms with Crippen molar-refractivity contribution in [3.63, 3.8) is 0 Å². The number of nitrogens with zero attached hydrogens (tertiary/aromatic N) is 3. The number of carbonyl (C=O) groups excluding carboxylic acids is 1. The van der Waals surface area contributed by atoms with Crippen molar-refractivity contribution in [2.75, 3.05) is 39.4 Å². The third kappa shape index (κ3) is 6.11. The monoisotopic (exact) mass is 445 g/mol. The Kier molecular flexibility index (Phi) is 7.86. The SMILES string of the molecule is CC(=O)CCC(N1CCOCC1)S(=O)(=O)N1CCC(Oc2ccc(Cl)cn2)CC1. The minimum atomic E-state index is -3.56. The smallest absolute Gasteiger partial charge is 0.230 e. The van der Waals surface area contributed by atoms with Crippen molar-refractivity contribution in [1.82, 2.24) is 14.2 Å². The van der Waals surface area contributed by atoms with Gasteiger partial charge in [0, 0.05) is 44.9 Å². The van der Waals surface area contributed by atoms with Gasteiger partial charge in [-0.15, -0.1) is 0 Å². The molecule has 162 valence electrons. The Hall–Kier alpha value is -1.26. The Labute approximate surface area is 177 Å². The van der Waals surface area contributed by atoms with Crippen molar-refractivity contribution >= 4 is 27.4 Å². The summed E-state index contributed by atoms with van der Waals surface area (Å²) in [5, 5.41) is -0.149. The number of hydrogen-bond donors (Lipinski definition) is 0. The maximum atomic E-state index is 13.4. The van der Waals surface area contributed by atoms with Crippen molar-refractivity contribution in [2.45, 2.75) is 44.1 Å². The zero-order chi connectivity index (χ0) is 20.9. The number of aromatic nitrogens is 1. The van der Waals surface area contributed by atoms with Gasteiger partial charge in [-0.1, -0.05) is 11.6 Å². The third-order valence-electron chi connectivity index (χ3n) is 5.29. The summed E-state index contributed by atoms with van der Waals surface area (Å²) in [5.41, 5.74) is 0. The van der Waals surface area contributed by atoms with Crippen LogP contribution in [0.1, 0.15) is 32.6 Å². The van der Waals surface area contributed by atoms with Crippen LogP contribution in [0, 0.1) is 0 Å². The summed E-state index contributed by atoms with van der Waals surface area (Å²) in [4.78, 5) is 17.6. The Balaban J connectivity index is 1.62. The van der Waals surface area contributed by atoms with Crippen LogP contribution in [0.5, 0.6) is 5.88 Å². The van der Waals surface area contributed by atoms with Crippen molar-refractivity contribution in [2.24, 2.45) is 0 Å². The summed E-state index contributed by atoms with van der Waals surface area (Å²) < 4.78 is 39.5. The number of rotatable bonds is 8. The summed E-state index contributed by atoms with van der Waals surface area (Å²) >= 11 is 5.84. The van der Waals surface area contributed by atoms with Crippen LogP contribution >= 0.6 is 11.6 Å². The van der Waals surface area contributed by atoms with Gasteiger partial charge in [0.05, 0.1) is 18.2 Å². The molecule has 2 aliphatic heterocycles. The number of morpholine rings is 1. The number of Topliss-reactive ketones (excluding diaryl/α,β-unsaturated/α-hetero) is 1. The van der Waals surface area contributed by atoms with Crippen molar-refractivity contribution < 1.29 is 22.7 Å².